The predicted octanol–water partition coefficient (Wildman–Crippen LogP) is 2.89. The predicted molar refractivity (Wildman–Crippen MR) is 64.1 cm³/mol. The van der Waals surface area contributed by atoms with Crippen molar-refractivity contribution in [2.45, 2.75) is 6.92 Å². The lowest BCUT2D eigenvalue weighted by molar-refractivity contribution is 0.101. The molecule has 2 aromatic heterocycles. The zero-order chi connectivity index (χ0) is 11.7. The standard InChI is InChI=1S/C10H7BrClN3O/c1-6(16)8-5-9(11)14-15(8)10-7(12)3-2-4-13-10/h2-5H,1H3. The SMILES string of the molecule is CC(=O)c1cc(Br)nn1-c1ncccc1Cl. The van der Waals surface area contributed by atoms with Gasteiger partial charge in [-0.25, -0.2) is 9.67 Å². The van der Waals surface area contributed by atoms with Crippen LogP contribution in [0.3, 0.4) is 0 Å². The Hall–Kier alpha value is -1.20. The van der Waals surface area contributed by atoms with Gasteiger partial charge in [0, 0.05) is 19.2 Å². The molecule has 0 spiro atoms. The number of Topliss-reactive ketones (excluding diaryl/α,β-unsaturated/α-hetero) is 1. The monoisotopic (exact) mass is 299 g/mol. The first-order valence-electron chi connectivity index (χ1n) is 4.47. The molecule has 82 valence electrons. The first-order chi connectivity index (χ1) is 7.59. The van der Waals surface area contributed by atoms with E-state index in [1.807, 2.05) is 0 Å². The maximum atomic E-state index is 11.4. The van der Waals surface area contributed by atoms with Crippen molar-refractivity contribution in [3.8, 4) is 5.82 Å². The number of ketones is 1. The van der Waals surface area contributed by atoms with Crippen molar-refractivity contribution in [3.63, 3.8) is 0 Å². The third-order valence-corrected chi connectivity index (χ3v) is 2.66. The van der Waals surface area contributed by atoms with Crippen molar-refractivity contribution in [1.29, 1.82) is 0 Å². The van der Waals surface area contributed by atoms with Crippen molar-refractivity contribution in [2.24, 2.45) is 0 Å². The summed E-state index contributed by atoms with van der Waals surface area (Å²) in [5.74, 6) is 0.347. The molecule has 0 radical (unpaired) electrons. The second-order valence-electron chi connectivity index (χ2n) is 3.13. The average Bonchev–Trinajstić information content (AvgIpc) is 2.61. The van der Waals surface area contributed by atoms with Crippen LogP contribution in [0.4, 0.5) is 0 Å². The molecule has 0 aliphatic carbocycles. The molecule has 16 heavy (non-hydrogen) atoms. The molecule has 2 aromatic rings. The number of pyridine rings is 1. The molecule has 6 heteroatoms. The minimum Gasteiger partial charge on any atom is -0.293 e. The van der Waals surface area contributed by atoms with E-state index in [0.717, 1.165) is 0 Å². The minimum absolute atomic E-state index is 0.0973. The summed E-state index contributed by atoms with van der Waals surface area (Å²) in [5.41, 5.74) is 0.437. The van der Waals surface area contributed by atoms with Crippen molar-refractivity contribution in [3.05, 3.63) is 39.7 Å². The third-order valence-electron chi connectivity index (χ3n) is 1.98. The summed E-state index contributed by atoms with van der Waals surface area (Å²) in [6.07, 6.45) is 1.60. The molecule has 0 aliphatic rings. The third kappa shape index (κ3) is 2.01. The Morgan fingerprint density at radius 3 is 2.94 bits per heavy atom. The zero-order valence-electron chi connectivity index (χ0n) is 8.32. The van der Waals surface area contributed by atoms with Crippen LogP contribution in [0.25, 0.3) is 5.82 Å². The Morgan fingerprint density at radius 1 is 1.56 bits per heavy atom. The van der Waals surface area contributed by atoms with E-state index in [2.05, 4.69) is 26.0 Å². The molecule has 0 aliphatic heterocycles. The van der Waals surface area contributed by atoms with Crippen molar-refractivity contribution in [2.75, 3.05) is 0 Å². The summed E-state index contributed by atoms with van der Waals surface area (Å²) in [5, 5.41) is 4.57. The van der Waals surface area contributed by atoms with Gasteiger partial charge in [0.05, 0.1) is 5.02 Å². The Morgan fingerprint density at radius 2 is 2.31 bits per heavy atom. The van der Waals surface area contributed by atoms with E-state index in [4.69, 9.17) is 11.6 Å². The van der Waals surface area contributed by atoms with Crippen LogP contribution in [0.5, 0.6) is 0 Å². The van der Waals surface area contributed by atoms with Crippen molar-refractivity contribution in [1.82, 2.24) is 14.8 Å². The number of carbonyl (C=O) groups excluding carboxylic acids is 1. The molecule has 2 rings (SSSR count). The molecule has 0 unspecified atom stereocenters. The molecule has 0 atom stereocenters. The number of rotatable bonds is 2. The molecule has 4 nitrogen and oxygen atoms in total. The number of aromatic nitrogens is 3. The highest BCUT2D eigenvalue weighted by atomic mass is 79.9. The highest BCUT2D eigenvalue weighted by Crippen LogP contribution is 2.21. The molecular weight excluding hydrogens is 293 g/mol. The number of hydrogen-bond acceptors (Lipinski definition) is 3. The van der Waals surface area contributed by atoms with Crippen LogP contribution >= 0.6 is 27.5 Å². The van der Waals surface area contributed by atoms with Crippen LogP contribution in [0.15, 0.2) is 29.0 Å². The maximum absolute atomic E-state index is 11.4. The lowest BCUT2D eigenvalue weighted by Gasteiger charge is -2.04. The smallest absolute Gasteiger partial charge is 0.178 e. The first-order valence-corrected chi connectivity index (χ1v) is 5.64. The van der Waals surface area contributed by atoms with E-state index in [0.29, 0.717) is 21.1 Å². The largest absolute Gasteiger partial charge is 0.293 e. The maximum Gasteiger partial charge on any atom is 0.178 e. The van der Waals surface area contributed by atoms with E-state index in [-0.39, 0.29) is 5.78 Å². The normalized spacial score (nSPS) is 10.4. The molecule has 0 saturated carbocycles. The Bertz CT molecular complexity index is 553. The Labute approximate surface area is 105 Å². The van der Waals surface area contributed by atoms with Gasteiger partial charge in [-0.2, -0.15) is 5.10 Å². The molecule has 0 saturated heterocycles. The van der Waals surface area contributed by atoms with E-state index >= 15 is 0 Å². The Kier molecular flexibility index (Phi) is 3.07. The molecule has 0 bridgehead atoms. The molecule has 0 aromatic carbocycles. The molecular formula is C10H7BrClN3O. The average molecular weight is 301 g/mol. The van der Waals surface area contributed by atoms with Gasteiger partial charge < -0.3 is 0 Å². The number of hydrogen-bond donors (Lipinski definition) is 0. The van der Waals surface area contributed by atoms with Crippen LogP contribution in [-0.4, -0.2) is 20.5 Å². The number of carbonyl (C=O) groups is 1. The summed E-state index contributed by atoms with van der Waals surface area (Å²) in [7, 11) is 0. The van der Waals surface area contributed by atoms with Gasteiger partial charge in [0.1, 0.15) is 10.3 Å². The second kappa shape index (κ2) is 4.35. The van der Waals surface area contributed by atoms with Gasteiger partial charge in [-0.15, -0.1) is 0 Å². The highest BCUT2D eigenvalue weighted by Gasteiger charge is 2.14. The Balaban J connectivity index is 2.64. The highest BCUT2D eigenvalue weighted by molar-refractivity contribution is 9.10. The summed E-state index contributed by atoms with van der Waals surface area (Å²) in [6.45, 7) is 1.47. The van der Waals surface area contributed by atoms with Crippen molar-refractivity contribution < 1.29 is 4.79 Å². The van der Waals surface area contributed by atoms with Crippen molar-refractivity contribution >= 4 is 33.3 Å². The van der Waals surface area contributed by atoms with Gasteiger partial charge in [0.15, 0.2) is 11.6 Å². The van der Waals surface area contributed by atoms with E-state index < -0.39 is 0 Å². The summed E-state index contributed by atoms with van der Waals surface area (Å²) in [4.78, 5) is 15.5. The fraction of sp³-hybridized carbons (Fsp3) is 0.100. The van der Waals surface area contributed by atoms with Crippen LogP contribution in [-0.2, 0) is 0 Å². The van der Waals surface area contributed by atoms with Gasteiger partial charge in [0.2, 0.25) is 0 Å². The van der Waals surface area contributed by atoms with Crippen LogP contribution < -0.4 is 0 Å². The van der Waals surface area contributed by atoms with Gasteiger partial charge in [-0.1, -0.05) is 11.6 Å². The quantitative estimate of drug-likeness (QED) is 0.801. The van der Waals surface area contributed by atoms with Crippen LogP contribution in [0.2, 0.25) is 5.02 Å². The van der Waals surface area contributed by atoms with Crippen LogP contribution in [0, 0.1) is 0 Å². The molecule has 0 fully saturated rings. The molecule has 0 N–H and O–H groups in total. The molecule has 2 heterocycles. The van der Waals surface area contributed by atoms with Gasteiger partial charge in [-0.3, -0.25) is 4.79 Å². The lowest BCUT2D eigenvalue weighted by Crippen LogP contribution is -2.08. The van der Waals surface area contributed by atoms with E-state index in [1.165, 1.54) is 11.6 Å². The lowest BCUT2D eigenvalue weighted by atomic mass is 10.3. The van der Waals surface area contributed by atoms with Gasteiger partial charge in [0.25, 0.3) is 0 Å². The fourth-order valence-electron chi connectivity index (χ4n) is 1.30. The van der Waals surface area contributed by atoms with E-state index in [1.54, 1.807) is 24.4 Å². The second-order valence-corrected chi connectivity index (χ2v) is 4.35. The summed E-state index contributed by atoms with van der Waals surface area (Å²) in [6, 6.07) is 5.05. The summed E-state index contributed by atoms with van der Waals surface area (Å²) >= 11 is 9.21. The number of halogens is 2. The fourth-order valence-corrected chi connectivity index (χ4v) is 1.87. The van der Waals surface area contributed by atoms with Gasteiger partial charge in [-0.05, 0) is 28.1 Å². The zero-order valence-corrected chi connectivity index (χ0v) is 10.7. The summed E-state index contributed by atoms with van der Waals surface area (Å²) < 4.78 is 1.99. The van der Waals surface area contributed by atoms with E-state index in [9.17, 15) is 4.79 Å². The first kappa shape index (κ1) is 11.3. The molecule has 0 amide bonds. The van der Waals surface area contributed by atoms with Crippen LogP contribution in [0.1, 0.15) is 17.4 Å². The topological polar surface area (TPSA) is 47.8 Å². The minimum atomic E-state index is -0.0973. The van der Waals surface area contributed by atoms with Gasteiger partial charge >= 0.3 is 0 Å². The number of nitrogens with zero attached hydrogens (tertiary/aromatic N) is 3.